The SMILES string of the molecule is CC(C)(C)c1cc(F)c2c(c1)C(=O)OC2=O.CC(C)(C)c1cc(O)c2c(c1)C(=O)OC2=O.CC(C)(C)c1ccc(O)c2c1C(=O)OC2=O.CC(C)(C)c1ccc2c(c1)C(=O)OC2=O.CC(C)(C)c1cccc2c1C(=O)OC2=O.Cc1ccc(C)c2c1C(=O)OC2=O. The van der Waals surface area contributed by atoms with E-state index in [9.17, 15) is 72.1 Å². The summed E-state index contributed by atoms with van der Waals surface area (Å²) in [5.41, 5.74) is 7.07. The summed E-state index contributed by atoms with van der Waals surface area (Å²) < 4.78 is 40.6. The molecule has 20 nitrogen and oxygen atoms in total. The van der Waals surface area contributed by atoms with E-state index in [1.807, 2.05) is 107 Å². The fourth-order valence-electron chi connectivity index (χ4n) is 9.88. The zero-order valence-corrected chi connectivity index (χ0v) is 53.2. The predicted octanol–water partition coefficient (Wildman–Crippen LogP) is 12.6. The van der Waals surface area contributed by atoms with Crippen LogP contribution in [0.1, 0.15) is 267 Å². The summed E-state index contributed by atoms with van der Waals surface area (Å²) >= 11 is 0. The van der Waals surface area contributed by atoms with Crippen LogP contribution in [0.4, 0.5) is 4.39 Å². The number of carbonyl (C=O) groups is 12. The molecule has 6 aliphatic rings. The van der Waals surface area contributed by atoms with Crippen molar-refractivity contribution in [2.45, 2.75) is 145 Å². The molecular weight excluding hydrogens is 1180 g/mol. The van der Waals surface area contributed by atoms with Crippen molar-refractivity contribution in [1.29, 1.82) is 0 Å². The normalized spacial score (nSPS) is 14.9. The van der Waals surface area contributed by atoms with Crippen LogP contribution in [-0.2, 0) is 55.5 Å². The number of cyclic esters (lactones) is 12. The van der Waals surface area contributed by atoms with Gasteiger partial charge in [-0.25, -0.2) is 61.9 Å². The van der Waals surface area contributed by atoms with Crippen molar-refractivity contribution in [3.8, 4) is 11.5 Å². The monoisotopic (exact) mass is 1250 g/mol. The minimum atomic E-state index is -0.905. The van der Waals surface area contributed by atoms with Gasteiger partial charge in [0.05, 0.1) is 50.1 Å². The molecule has 0 spiro atoms. The van der Waals surface area contributed by atoms with Gasteiger partial charge in [-0.1, -0.05) is 140 Å². The standard InChI is InChI=1S/C12H11FO3.2C12H12O4.2C12H12O3.C10H8O3/c2*1-12(2,3)6-4-7-9(8(13)5-6)11(15)16-10(7)14;1-12(2,3)6-4-5-7(13)9-8(6)10(14)16-11(9)15;1-12(2,3)7-4-5-8-9(6-7)11(14)15-10(8)13;1-12(2,3)8-6-4-5-7-9(8)11(14)15-10(7)13;1-5-3-4-6(2)8-7(5)9(11)13-10(8)12/h4-5H,1-3H3;2*4-5,13H,1-3H3;2*4-6H,1-3H3;3-4H,1-2H3. The van der Waals surface area contributed by atoms with Crippen LogP contribution < -0.4 is 0 Å². The lowest BCUT2D eigenvalue weighted by atomic mass is 9.82. The van der Waals surface area contributed by atoms with Crippen LogP contribution in [0, 0.1) is 19.7 Å². The second-order valence-electron chi connectivity index (χ2n) is 26.9. The van der Waals surface area contributed by atoms with Crippen molar-refractivity contribution >= 4 is 71.6 Å². The van der Waals surface area contributed by atoms with Gasteiger partial charge in [-0.2, -0.15) is 0 Å². The number of phenols is 2. The van der Waals surface area contributed by atoms with Gasteiger partial charge in [-0.15, -0.1) is 0 Å². The number of benzene rings is 6. The van der Waals surface area contributed by atoms with Crippen LogP contribution in [-0.4, -0.2) is 81.8 Å². The number of aromatic hydroxyl groups is 2. The van der Waals surface area contributed by atoms with Crippen molar-refractivity contribution in [2.24, 2.45) is 0 Å². The van der Waals surface area contributed by atoms with Crippen molar-refractivity contribution < 1.29 is 101 Å². The molecule has 0 bridgehead atoms. The van der Waals surface area contributed by atoms with E-state index in [1.165, 1.54) is 24.3 Å². The highest BCUT2D eigenvalue weighted by atomic mass is 19.1. The first-order valence-electron chi connectivity index (χ1n) is 28.4. The number of phenolic OH excluding ortho intramolecular Hbond substituents is 2. The highest BCUT2D eigenvalue weighted by Gasteiger charge is 2.40. The molecule has 0 saturated carbocycles. The second-order valence-corrected chi connectivity index (χ2v) is 26.9. The number of aryl methyl sites for hydroxylation is 2. The summed E-state index contributed by atoms with van der Waals surface area (Å²) in [4.78, 5) is 136. The van der Waals surface area contributed by atoms with Crippen LogP contribution in [0.5, 0.6) is 11.5 Å². The fraction of sp³-hybridized carbons (Fsp3) is 0.314. The Bertz CT molecular complexity index is 4060. The molecule has 6 aliphatic heterocycles. The molecule has 21 heteroatoms. The van der Waals surface area contributed by atoms with E-state index in [2.05, 4.69) is 49.2 Å². The van der Waals surface area contributed by atoms with Gasteiger partial charge in [0.15, 0.2) is 0 Å². The number of carbonyl (C=O) groups excluding carboxylic acids is 12. The first kappa shape index (κ1) is 68.2. The zero-order valence-electron chi connectivity index (χ0n) is 53.2. The maximum Gasteiger partial charge on any atom is 0.350 e. The number of esters is 12. The lowest BCUT2D eigenvalue weighted by Crippen LogP contribution is -2.16. The number of ether oxygens (including phenoxy) is 6. The average molecular weight is 1250 g/mol. The van der Waals surface area contributed by atoms with Gasteiger partial charge in [-0.05, 0) is 128 Å². The summed E-state index contributed by atoms with van der Waals surface area (Å²) in [6.07, 6.45) is 0. The Morgan fingerprint density at radius 3 is 1.14 bits per heavy atom. The minimum Gasteiger partial charge on any atom is -0.507 e. The first-order valence-corrected chi connectivity index (χ1v) is 28.4. The lowest BCUT2D eigenvalue weighted by Gasteiger charge is -2.20. The van der Waals surface area contributed by atoms with Gasteiger partial charge in [-0.3, -0.25) is 0 Å². The van der Waals surface area contributed by atoms with E-state index >= 15 is 0 Å². The van der Waals surface area contributed by atoms with Crippen LogP contribution in [0.2, 0.25) is 0 Å². The van der Waals surface area contributed by atoms with E-state index in [1.54, 1.807) is 50.2 Å². The van der Waals surface area contributed by atoms with Gasteiger partial charge in [0.2, 0.25) is 0 Å². The van der Waals surface area contributed by atoms with Gasteiger partial charge in [0.1, 0.15) is 34.0 Å². The van der Waals surface area contributed by atoms with E-state index in [4.69, 9.17) is 0 Å². The molecule has 6 heterocycles. The van der Waals surface area contributed by atoms with Crippen molar-refractivity contribution in [1.82, 2.24) is 0 Å². The van der Waals surface area contributed by atoms with Gasteiger partial charge >= 0.3 is 71.6 Å². The van der Waals surface area contributed by atoms with E-state index in [-0.39, 0.29) is 72.0 Å². The third-order valence-electron chi connectivity index (χ3n) is 15.0. The van der Waals surface area contributed by atoms with E-state index in [0.717, 1.165) is 27.8 Å². The second kappa shape index (κ2) is 24.6. The fourth-order valence-corrected chi connectivity index (χ4v) is 9.88. The third kappa shape index (κ3) is 14.1. The van der Waals surface area contributed by atoms with Crippen molar-refractivity contribution in [3.63, 3.8) is 0 Å². The summed E-state index contributed by atoms with van der Waals surface area (Å²) in [6.45, 7) is 33.1. The smallest absolute Gasteiger partial charge is 0.350 e. The van der Waals surface area contributed by atoms with Crippen LogP contribution in [0.25, 0.3) is 0 Å². The Morgan fingerprint density at radius 2 is 0.648 bits per heavy atom. The molecule has 12 rings (SSSR count). The number of fused-ring (bicyclic) bond motifs is 6. The molecule has 0 radical (unpaired) electrons. The number of hydrogen-bond donors (Lipinski definition) is 2. The van der Waals surface area contributed by atoms with E-state index < -0.39 is 77.4 Å². The largest absolute Gasteiger partial charge is 0.507 e. The summed E-state index contributed by atoms with van der Waals surface area (Å²) in [7, 11) is 0. The van der Waals surface area contributed by atoms with Gasteiger partial charge < -0.3 is 38.6 Å². The molecule has 474 valence electrons. The average Bonchev–Trinajstić information content (AvgIpc) is 1.77. The zero-order chi connectivity index (χ0) is 68.3. The minimum absolute atomic E-state index is 0.0163. The molecule has 2 N–H and O–H groups in total. The number of halogens is 1. The highest BCUT2D eigenvalue weighted by Crippen LogP contribution is 2.39. The van der Waals surface area contributed by atoms with Gasteiger partial charge in [0, 0.05) is 0 Å². The Kier molecular flexibility index (Phi) is 18.4. The quantitative estimate of drug-likeness (QED) is 0.0811. The Labute approximate surface area is 522 Å². The molecule has 0 aromatic heterocycles. The topological polar surface area (TPSA) is 301 Å². The number of hydrogen-bond acceptors (Lipinski definition) is 20. The summed E-state index contributed by atoms with van der Waals surface area (Å²) in [6, 6.07) is 23.1. The summed E-state index contributed by atoms with van der Waals surface area (Å²) in [5.74, 6) is -8.91. The molecule has 6 aromatic rings. The molecule has 0 fully saturated rings. The predicted molar refractivity (Wildman–Crippen MR) is 323 cm³/mol. The number of rotatable bonds is 0. The molecule has 0 atom stereocenters. The van der Waals surface area contributed by atoms with Crippen molar-refractivity contribution in [2.75, 3.05) is 0 Å². The van der Waals surface area contributed by atoms with Crippen molar-refractivity contribution in [3.05, 3.63) is 196 Å². The highest BCUT2D eigenvalue weighted by molar-refractivity contribution is 6.19. The molecular formula is C70H67FO20. The molecule has 0 aliphatic carbocycles. The molecule has 91 heavy (non-hydrogen) atoms. The van der Waals surface area contributed by atoms with Crippen LogP contribution >= 0.6 is 0 Å². The Morgan fingerprint density at radius 1 is 0.286 bits per heavy atom. The van der Waals surface area contributed by atoms with Crippen LogP contribution in [0.3, 0.4) is 0 Å². The Balaban J connectivity index is 0.000000155. The summed E-state index contributed by atoms with van der Waals surface area (Å²) in [5, 5.41) is 19.3. The first-order chi connectivity index (χ1) is 41.8. The lowest BCUT2D eigenvalue weighted by molar-refractivity contribution is 0.0424. The molecule has 0 saturated heterocycles. The maximum absolute atomic E-state index is 13.7. The molecule has 0 unspecified atom stereocenters. The third-order valence-corrected chi connectivity index (χ3v) is 15.0. The molecule has 6 aromatic carbocycles. The van der Waals surface area contributed by atoms with Crippen LogP contribution in [0.15, 0.2) is 84.9 Å². The Hall–Kier alpha value is -10.3. The molecule has 0 amide bonds. The maximum atomic E-state index is 13.7. The van der Waals surface area contributed by atoms with Gasteiger partial charge in [0.25, 0.3) is 0 Å². The van der Waals surface area contributed by atoms with E-state index in [0.29, 0.717) is 44.5 Å².